The second kappa shape index (κ2) is 13.3. The van der Waals surface area contributed by atoms with Gasteiger partial charge >= 0.3 is 12.1 Å². The normalized spacial score (nSPS) is 14.7. The third-order valence-electron chi connectivity index (χ3n) is 4.62. The fourth-order valence-corrected chi connectivity index (χ4v) is 3.01. The van der Waals surface area contributed by atoms with Crippen LogP contribution in [0.3, 0.4) is 0 Å². The van der Waals surface area contributed by atoms with E-state index >= 15 is 0 Å². The van der Waals surface area contributed by atoms with Gasteiger partial charge in [-0.3, -0.25) is 25.2 Å². The summed E-state index contributed by atoms with van der Waals surface area (Å²) in [6.07, 6.45) is 0.0792. The minimum Gasteiger partial charge on any atom is -0.480 e. The highest BCUT2D eigenvalue weighted by Crippen LogP contribution is 2.12. The molecular formula is C22H43N5O6. The molecule has 0 rings (SSSR count). The summed E-state index contributed by atoms with van der Waals surface area (Å²) < 4.78 is 5.23. The van der Waals surface area contributed by atoms with Crippen LogP contribution in [0.2, 0.25) is 0 Å². The first-order valence-corrected chi connectivity index (χ1v) is 11.2. The molecule has 0 spiro atoms. The monoisotopic (exact) mass is 473 g/mol. The predicted molar refractivity (Wildman–Crippen MR) is 125 cm³/mol. The molecule has 11 heteroatoms. The lowest BCUT2D eigenvalue weighted by Crippen LogP contribution is -2.58. The van der Waals surface area contributed by atoms with E-state index in [2.05, 4.69) is 16.2 Å². The van der Waals surface area contributed by atoms with Crippen LogP contribution in [0.15, 0.2) is 0 Å². The van der Waals surface area contributed by atoms with E-state index in [-0.39, 0.29) is 11.8 Å². The number of hydrogen-bond acceptors (Lipinski definition) is 7. The van der Waals surface area contributed by atoms with Gasteiger partial charge < -0.3 is 15.2 Å². The SMILES string of the molecule is CC(C)C[C@H](C(=O)O)N(C)NC(=O)[C@@H](C)NC(=O)[C@@H](CC(C)C)N(C)NC(=O)OC(C)(C)C. The molecule has 11 nitrogen and oxygen atoms in total. The number of likely N-dealkylation sites (N-methyl/N-ethyl adjacent to an activating group) is 2. The Hall–Kier alpha value is -2.40. The molecule has 0 aliphatic rings. The molecular weight excluding hydrogens is 430 g/mol. The van der Waals surface area contributed by atoms with Crippen molar-refractivity contribution < 1.29 is 29.0 Å². The van der Waals surface area contributed by atoms with E-state index in [9.17, 15) is 24.3 Å². The van der Waals surface area contributed by atoms with Gasteiger partial charge in [0.15, 0.2) is 0 Å². The first kappa shape index (κ1) is 30.6. The number of carbonyl (C=O) groups is 4. The summed E-state index contributed by atoms with van der Waals surface area (Å²) in [5.41, 5.74) is 4.38. The first-order chi connectivity index (χ1) is 14.9. The number of ether oxygens (including phenoxy) is 1. The number of nitrogens with zero attached hydrogens (tertiary/aromatic N) is 2. The molecule has 3 atom stereocenters. The Bertz CT molecular complexity index is 677. The van der Waals surface area contributed by atoms with Gasteiger partial charge in [-0.2, -0.15) is 0 Å². The Morgan fingerprint density at radius 3 is 1.70 bits per heavy atom. The van der Waals surface area contributed by atoms with Gasteiger partial charge in [0.05, 0.1) is 0 Å². The van der Waals surface area contributed by atoms with Crippen molar-refractivity contribution in [2.75, 3.05) is 14.1 Å². The molecule has 0 saturated carbocycles. The maximum absolute atomic E-state index is 12.9. The average Bonchev–Trinajstić information content (AvgIpc) is 2.61. The van der Waals surface area contributed by atoms with E-state index in [1.165, 1.54) is 24.0 Å². The van der Waals surface area contributed by atoms with E-state index in [0.717, 1.165) is 0 Å². The highest BCUT2D eigenvalue weighted by Gasteiger charge is 2.31. The van der Waals surface area contributed by atoms with E-state index in [1.807, 2.05) is 27.7 Å². The Morgan fingerprint density at radius 2 is 1.27 bits per heavy atom. The number of nitrogens with one attached hydrogen (secondary N) is 3. The maximum Gasteiger partial charge on any atom is 0.422 e. The highest BCUT2D eigenvalue weighted by molar-refractivity contribution is 5.89. The largest absolute Gasteiger partial charge is 0.480 e. The zero-order valence-corrected chi connectivity index (χ0v) is 21.7. The number of carboxylic acids is 1. The lowest BCUT2D eigenvalue weighted by atomic mass is 10.0. The van der Waals surface area contributed by atoms with Gasteiger partial charge in [-0.25, -0.2) is 14.8 Å². The molecule has 0 saturated heterocycles. The van der Waals surface area contributed by atoms with Gasteiger partial charge in [0, 0.05) is 14.1 Å². The Kier molecular flexibility index (Phi) is 12.4. The van der Waals surface area contributed by atoms with Crippen LogP contribution >= 0.6 is 0 Å². The van der Waals surface area contributed by atoms with Crippen LogP contribution in [-0.2, 0) is 19.1 Å². The molecule has 192 valence electrons. The van der Waals surface area contributed by atoms with Gasteiger partial charge in [-0.15, -0.1) is 0 Å². The van der Waals surface area contributed by atoms with Crippen molar-refractivity contribution in [2.24, 2.45) is 11.8 Å². The zero-order valence-electron chi connectivity index (χ0n) is 21.7. The molecule has 0 aliphatic heterocycles. The van der Waals surface area contributed by atoms with Gasteiger partial charge in [-0.05, 0) is 52.4 Å². The van der Waals surface area contributed by atoms with Crippen LogP contribution in [0, 0.1) is 11.8 Å². The molecule has 33 heavy (non-hydrogen) atoms. The van der Waals surface area contributed by atoms with Crippen LogP contribution < -0.4 is 16.2 Å². The summed E-state index contributed by atoms with van der Waals surface area (Å²) in [5.74, 6) is -1.80. The number of hydrogen-bond donors (Lipinski definition) is 4. The second-order valence-electron chi connectivity index (χ2n) is 10.2. The van der Waals surface area contributed by atoms with E-state index in [4.69, 9.17) is 4.74 Å². The average molecular weight is 474 g/mol. The molecule has 0 radical (unpaired) electrons. The topological polar surface area (TPSA) is 140 Å². The predicted octanol–water partition coefficient (Wildman–Crippen LogP) is 1.74. The van der Waals surface area contributed by atoms with Crippen molar-refractivity contribution in [1.29, 1.82) is 0 Å². The number of carbonyl (C=O) groups excluding carboxylic acids is 3. The molecule has 0 aromatic rings. The minimum absolute atomic E-state index is 0.118. The standard InChI is InChI=1S/C22H43N5O6/c1-13(2)11-16(26(9)25-21(32)33-22(6,7)8)19(29)23-15(5)18(28)24-27(10)17(20(30)31)12-14(3)4/h13-17H,11-12H2,1-10H3,(H,23,29)(H,24,28)(H,25,32)(H,30,31)/t15-,16-,17-/m1/s1. The Balaban J connectivity index is 5.18. The van der Waals surface area contributed by atoms with Crippen molar-refractivity contribution in [3.63, 3.8) is 0 Å². The van der Waals surface area contributed by atoms with E-state index in [0.29, 0.717) is 12.8 Å². The lowest BCUT2D eigenvalue weighted by molar-refractivity contribution is -0.147. The Labute approximate surface area is 197 Å². The summed E-state index contributed by atoms with van der Waals surface area (Å²) >= 11 is 0. The molecule has 4 N–H and O–H groups in total. The number of amides is 3. The van der Waals surface area contributed by atoms with Gasteiger partial charge in [0.1, 0.15) is 23.7 Å². The van der Waals surface area contributed by atoms with Crippen molar-refractivity contribution in [1.82, 2.24) is 26.2 Å². The van der Waals surface area contributed by atoms with Gasteiger partial charge in [-0.1, -0.05) is 27.7 Å². The second-order valence-corrected chi connectivity index (χ2v) is 10.2. The molecule has 3 amide bonds. The molecule has 0 fully saturated rings. The molecule has 0 unspecified atom stereocenters. The van der Waals surface area contributed by atoms with Gasteiger partial charge in [0.2, 0.25) is 5.91 Å². The smallest absolute Gasteiger partial charge is 0.422 e. The van der Waals surface area contributed by atoms with Crippen molar-refractivity contribution >= 4 is 23.9 Å². The first-order valence-electron chi connectivity index (χ1n) is 11.2. The lowest BCUT2D eigenvalue weighted by Gasteiger charge is -2.31. The summed E-state index contributed by atoms with van der Waals surface area (Å²) in [5, 5.41) is 14.7. The fourth-order valence-electron chi connectivity index (χ4n) is 3.01. The van der Waals surface area contributed by atoms with E-state index < -0.39 is 47.6 Å². The van der Waals surface area contributed by atoms with Crippen LogP contribution in [0.1, 0.15) is 68.2 Å². The number of aliphatic carboxylic acids is 1. The van der Waals surface area contributed by atoms with Crippen molar-refractivity contribution in [2.45, 2.75) is 92.0 Å². The quantitative estimate of drug-likeness (QED) is 0.314. The van der Waals surface area contributed by atoms with Crippen molar-refractivity contribution in [3.8, 4) is 0 Å². The summed E-state index contributed by atoms with van der Waals surface area (Å²) in [6.45, 7) is 14.4. The molecule has 0 heterocycles. The zero-order chi connectivity index (χ0) is 26.1. The third kappa shape index (κ3) is 12.4. The Morgan fingerprint density at radius 1 is 0.818 bits per heavy atom. The van der Waals surface area contributed by atoms with Crippen LogP contribution in [0.4, 0.5) is 4.79 Å². The maximum atomic E-state index is 12.9. The van der Waals surface area contributed by atoms with Crippen LogP contribution in [0.5, 0.6) is 0 Å². The molecule has 0 aromatic carbocycles. The van der Waals surface area contributed by atoms with Crippen LogP contribution in [0.25, 0.3) is 0 Å². The molecule has 0 bridgehead atoms. The summed E-state index contributed by atoms with van der Waals surface area (Å²) in [7, 11) is 3.03. The number of carboxylic acid groups (broad SMARTS) is 1. The van der Waals surface area contributed by atoms with Gasteiger partial charge in [0.25, 0.3) is 5.91 Å². The highest BCUT2D eigenvalue weighted by atomic mass is 16.6. The number of rotatable bonds is 12. The third-order valence-corrected chi connectivity index (χ3v) is 4.62. The molecule has 0 aromatic heterocycles. The molecule has 0 aliphatic carbocycles. The number of hydrazine groups is 2. The van der Waals surface area contributed by atoms with E-state index in [1.54, 1.807) is 27.8 Å². The van der Waals surface area contributed by atoms with Crippen LogP contribution in [-0.4, -0.2) is 76.8 Å². The summed E-state index contributed by atoms with van der Waals surface area (Å²) in [4.78, 5) is 49.2. The fraction of sp³-hybridized carbons (Fsp3) is 0.818. The minimum atomic E-state index is -1.05. The van der Waals surface area contributed by atoms with Crippen molar-refractivity contribution in [3.05, 3.63) is 0 Å². The summed E-state index contributed by atoms with van der Waals surface area (Å²) in [6, 6.07) is -2.58.